The van der Waals surface area contributed by atoms with Crippen LogP contribution in [0.2, 0.25) is 0 Å². The summed E-state index contributed by atoms with van der Waals surface area (Å²) in [7, 11) is 3.10. The minimum atomic E-state index is -0.643. The summed E-state index contributed by atoms with van der Waals surface area (Å²) in [5.41, 5.74) is -0.122. The molecule has 0 fully saturated rings. The topological polar surface area (TPSA) is 59.6 Å². The van der Waals surface area contributed by atoms with Crippen molar-refractivity contribution in [3.63, 3.8) is 0 Å². The largest absolute Gasteiger partial charge is 0.497 e. The number of nitrogens with one attached hydrogen (secondary N) is 2. The molecule has 0 saturated heterocycles. The van der Waals surface area contributed by atoms with Gasteiger partial charge in [0.1, 0.15) is 17.0 Å². The third-order valence-electron chi connectivity index (χ3n) is 3.49. The lowest BCUT2D eigenvalue weighted by Gasteiger charge is -2.27. The highest BCUT2D eigenvalue weighted by Gasteiger charge is 2.25. The van der Waals surface area contributed by atoms with Crippen LogP contribution in [-0.2, 0) is 0 Å². The molecule has 0 bridgehead atoms. The predicted molar refractivity (Wildman–Crippen MR) is 83.8 cm³/mol. The van der Waals surface area contributed by atoms with E-state index < -0.39 is 5.54 Å². The Morgan fingerprint density at radius 1 is 1.29 bits per heavy atom. The zero-order valence-electron chi connectivity index (χ0n) is 12.9. The first kappa shape index (κ1) is 16.7. The van der Waals surface area contributed by atoms with Crippen LogP contribution in [0.1, 0.15) is 26.7 Å². The van der Waals surface area contributed by atoms with Crippen LogP contribution in [0.25, 0.3) is 0 Å². The van der Waals surface area contributed by atoms with E-state index in [-0.39, 0.29) is 6.03 Å². The van der Waals surface area contributed by atoms with Crippen molar-refractivity contribution < 1.29 is 14.3 Å². The molecule has 21 heavy (non-hydrogen) atoms. The Kier molecular flexibility index (Phi) is 5.92. The normalized spacial score (nSPS) is 10.4. The number of benzene rings is 1. The van der Waals surface area contributed by atoms with Gasteiger partial charge in [-0.25, -0.2) is 4.79 Å². The van der Waals surface area contributed by atoms with Gasteiger partial charge in [0.2, 0.25) is 0 Å². The molecule has 1 rings (SSSR count). The third-order valence-corrected chi connectivity index (χ3v) is 3.49. The van der Waals surface area contributed by atoms with E-state index in [2.05, 4.69) is 16.6 Å². The highest BCUT2D eigenvalue weighted by Crippen LogP contribution is 2.29. The van der Waals surface area contributed by atoms with Gasteiger partial charge in [-0.2, -0.15) is 0 Å². The first-order chi connectivity index (χ1) is 10.0. The van der Waals surface area contributed by atoms with Crippen molar-refractivity contribution in [2.45, 2.75) is 32.2 Å². The summed E-state index contributed by atoms with van der Waals surface area (Å²) in [5.74, 6) is 3.83. The zero-order chi connectivity index (χ0) is 15.9. The number of hydrogen-bond donors (Lipinski definition) is 2. The minimum Gasteiger partial charge on any atom is -0.497 e. The second kappa shape index (κ2) is 7.44. The van der Waals surface area contributed by atoms with E-state index in [0.717, 1.165) is 0 Å². The summed E-state index contributed by atoms with van der Waals surface area (Å²) in [5, 5.41) is 5.58. The van der Waals surface area contributed by atoms with Crippen LogP contribution in [0.5, 0.6) is 11.5 Å². The predicted octanol–water partition coefficient (Wildman–Crippen LogP) is 3.02. The Labute approximate surface area is 126 Å². The van der Waals surface area contributed by atoms with Crippen LogP contribution in [0, 0.1) is 12.3 Å². The smallest absolute Gasteiger partial charge is 0.320 e. The molecule has 0 aromatic heterocycles. The maximum Gasteiger partial charge on any atom is 0.320 e. The van der Waals surface area contributed by atoms with Crippen LogP contribution in [0.15, 0.2) is 18.2 Å². The Bertz CT molecular complexity index is 531. The number of terminal acetylenes is 1. The lowest BCUT2D eigenvalue weighted by molar-refractivity contribution is 0.242. The van der Waals surface area contributed by atoms with Crippen LogP contribution in [0.4, 0.5) is 10.5 Å². The Balaban J connectivity index is 2.90. The fourth-order valence-electron chi connectivity index (χ4n) is 1.95. The molecular weight excluding hydrogens is 268 g/mol. The molecule has 0 aliphatic rings. The van der Waals surface area contributed by atoms with E-state index in [1.54, 1.807) is 25.3 Å². The van der Waals surface area contributed by atoms with Crippen LogP contribution >= 0.6 is 0 Å². The van der Waals surface area contributed by atoms with Gasteiger partial charge < -0.3 is 20.1 Å². The summed E-state index contributed by atoms with van der Waals surface area (Å²) in [6.07, 6.45) is 6.85. The molecule has 0 heterocycles. The molecule has 0 aliphatic heterocycles. The van der Waals surface area contributed by atoms with Crippen molar-refractivity contribution in [1.82, 2.24) is 5.32 Å². The van der Waals surface area contributed by atoms with Gasteiger partial charge in [0.15, 0.2) is 0 Å². The van der Waals surface area contributed by atoms with E-state index in [0.29, 0.717) is 30.0 Å². The molecule has 1 aromatic rings. The second-order valence-corrected chi connectivity index (χ2v) is 4.58. The van der Waals surface area contributed by atoms with Gasteiger partial charge in [-0.05, 0) is 25.0 Å². The molecule has 0 saturated carbocycles. The van der Waals surface area contributed by atoms with Gasteiger partial charge in [-0.15, -0.1) is 6.42 Å². The number of anilines is 1. The summed E-state index contributed by atoms with van der Waals surface area (Å²) >= 11 is 0. The number of carbonyl (C=O) groups is 1. The summed E-state index contributed by atoms with van der Waals surface area (Å²) in [4.78, 5) is 12.2. The number of carbonyl (C=O) groups excluding carboxylic acids is 1. The standard InChI is InChI=1S/C16H22N2O3/c1-6-16(7-2,8-3)18-15(19)17-13-11-12(20-4)9-10-14(13)21-5/h1,9-11H,7-8H2,2-5H3,(H2,17,18,19). The maximum atomic E-state index is 12.2. The van der Waals surface area contributed by atoms with Gasteiger partial charge >= 0.3 is 6.03 Å². The lowest BCUT2D eigenvalue weighted by Crippen LogP contribution is -2.48. The second-order valence-electron chi connectivity index (χ2n) is 4.58. The monoisotopic (exact) mass is 290 g/mol. The Morgan fingerprint density at radius 2 is 1.95 bits per heavy atom. The number of amides is 2. The molecule has 2 amide bonds. The quantitative estimate of drug-likeness (QED) is 0.792. The third kappa shape index (κ3) is 4.06. The number of urea groups is 1. The van der Waals surface area contributed by atoms with Crippen LogP contribution in [0.3, 0.4) is 0 Å². The zero-order valence-corrected chi connectivity index (χ0v) is 12.9. The summed E-state index contributed by atoms with van der Waals surface area (Å²) < 4.78 is 10.4. The first-order valence-corrected chi connectivity index (χ1v) is 6.83. The van der Waals surface area contributed by atoms with E-state index in [4.69, 9.17) is 15.9 Å². The summed E-state index contributed by atoms with van der Waals surface area (Å²) in [6, 6.07) is 4.80. The molecule has 1 aromatic carbocycles. The van der Waals surface area contributed by atoms with E-state index in [1.807, 2.05) is 13.8 Å². The average molecular weight is 290 g/mol. The lowest BCUT2D eigenvalue weighted by atomic mass is 9.94. The molecule has 0 spiro atoms. The fourth-order valence-corrected chi connectivity index (χ4v) is 1.95. The average Bonchev–Trinajstić information content (AvgIpc) is 2.52. The van der Waals surface area contributed by atoms with Crippen LogP contribution in [-0.4, -0.2) is 25.8 Å². The van der Waals surface area contributed by atoms with Gasteiger partial charge in [0.05, 0.1) is 19.9 Å². The van der Waals surface area contributed by atoms with Crippen molar-refractivity contribution in [1.29, 1.82) is 0 Å². The van der Waals surface area contributed by atoms with Crippen molar-refractivity contribution in [3.8, 4) is 23.8 Å². The van der Waals surface area contributed by atoms with Gasteiger partial charge in [-0.1, -0.05) is 19.8 Å². The highest BCUT2D eigenvalue weighted by atomic mass is 16.5. The number of ether oxygens (including phenoxy) is 2. The molecule has 2 N–H and O–H groups in total. The van der Waals surface area contributed by atoms with E-state index >= 15 is 0 Å². The summed E-state index contributed by atoms with van der Waals surface area (Å²) in [6.45, 7) is 3.88. The SMILES string of the molecule is C#CC(CC)(CC)NC(=O)Nc1cc(OC)ccc1OC. The maximum absolute atomic E-state index is 12.2. The fraction of sp³-hybridized carbons (Fsp3) is 0.438. The van der Waals surface area contributed by atoms with Crippen molar-refractivity contribution >= 4 is 11.7 Å². The van der Waals surface area contributed by atoms with Gasteiger partial charge in [-0.3, -0.25) is 0 Å². The van der Waals surface area contributed by atoms with E-state index in [1.165, 1.54) is 7.11 Å². The molecule has 5 nitrogen and oxygen atoms in total. The van der Waals surface area contributed by atoms with Crippen molar-refractivity contribution in [2.24, 2.45) is 0 Å². The molecule has 114 valence electrons. The van der Waals surface area contributed by atoms with Crippen molar-refractivity contribution in [2.75, 3.05) is 19.5 Å². The molecule has 0 atom stereocenters. The first-order valence-electron chi connectivity index (χ1n) is 6.83. The van der Waals surface area contributed by atoms with Crippen molar-refractivity contribution in [3.05, 3.63) is 18.2 Å². The van der Waals surface area contributed by atoms with Gasteiger partial charge in [0.25, 0.3) is 0 Å². The van der Waals surface area contributed by atoms with Crippen LogP contribution < -0.4 is 20.1 Å². The molecule has 0 aliphatic carbocycles. The number of rotatable bonds is 6. The highest BCUT2D eigenvalue weighted by molar-refractivity contribution is 5.92. The van der Waals surface area contributed by atoms with Gasteiger partial charge in [0, 0.05) is 6.07 Å². The number of methoxy groups -OCH3 is 2. The minimum absolute atomic E-state index is 0.372. The molecular formula is C16H22N2O3. The van der Waals surface area contributed by atoms with E-state index in [9.17, 15) is 4.79 Å². The Morgan fingerprint density at radius 3 is 2.43 bits per heavy atom. The molecule has 0 unspecified atom stereocenters. The molecule has 0 radical (unpaired) electrons. The molecule has 5 heteroatoms. The Hall–Kier alpha value is -2.35. The number of hydrogen-bond acceptors (Lipinski definition) is 3.